The number of carbonyl (C=O) groups excluding carboxylic acids is 1. The van der Waals surface area contributed by atoms with Crippen LogP contribution in [-0.4, -0.2) is 26.4 Å². The molecule has 3 aromatic carbocycles. The summed E-state index contributed by atoms with van der Waals surface area (Å²) in [7, 11) is 0. The van der Waals surface area contributed by atoms with Crippen molar-refractivity contribution >= 4 is 23.4 Å². The van der Waals surface area contributed by atoms with Crippen LogP contribution in [0.5, 0.6) is 0 Å². The van der Waals surface area contributed by atoms with Crippen molar-refractivity contribution in [3.63, 3.8) is 0 Å². The summed E-state index contributed by atoms with van der Waals surface area (Å²) in [6.07, 6.45) is 0.721. The fourth-order valence-electron chi connectivity index (χ4n) is 3.43. The Morgan fingerprint density at radius 3 is 2.32 bits per heavy atom. The van der Waals surface area contributed by atoms with Gasteiger partial charge in [0, 0.05) is 24.2 Å². The molecule has 0 unspecified atom stereocenters. The van der Waals surface area contributed by atoms with Gasteiger partial charge < -0.3 is 9.88 Å². The lowest BCUT2D eigenvalue weighted by Gasteiger charge is -2.11. The number of benzene rings is 3. The second-order valence-corrected chi connectivity index (χ2v) is 8.00. The molecule has 0 bridgehead atoms. The highest BCUT2D eigenvalue weighted by Crippen LogP contribution is 2.28. The van der Waals surface area contributed by atoms with Gasteiger partial charge in [-0.25, -0.2) is 0 Å². The molecule has 4 rings (SSSR count). The Kier molecular flexibility index (Phi) is 6.79. The van der Waals surface area contributed by atoms with Crippen LogP contribution in [0.3, 0.4) is 0 Å². The summed E-state index contributed by atoms with van der Waals surface area (Å²) in [5.41, 5.74) is 4.07. The first-order valence-electron chi connectivity index (χ1n) is 10.3. The lowest BCUT2D eigenvalue weighted by Crippen LogP contribution is -2.15. The van der Waals surface area contributed by atoms with Gasteiger partial charge in [-0.2, -0.15) is 0 Å². The van der Waals surface area contributed by atoms with E-state index in [1.807, 2.05) is 72.8 Å². The van der Waals surface area contributed by atoms with Gasteiger partial charge in [0.15, 0.2) is 5.16 Å². The molecule has 31 heavy (non-hydrogen) atoms. The Balaban J connectivity index is 1.42. The molecule has 1 amide bonds. The normalized spacial score (nSPS) is 10.7. The molecular formula is C25H24N4OS. The third-order valence-electron chi connectivity index (χ3n) is 4.93. The SMILES string of the molecule is CCn1c(Cc2ccccc2)nnc1SCC(=O)Nc1ccccc1-c1ccccc1. The van der Waals surface area contributed by atoms with E-state index < -0.39 is 0 Å². The van der Waals surface area contributed by atoms with Gasteiger partial charge in [-0.05, 0) is 24.1 Å². The van der Waals surface area contributed by atoms with Crippen LogP contribution < -0.4 is 5.32 Å². The van der Waals surface area contributed by atoms with Gasteiger partial charge in [0.2, 0.25) is 5.91 Å². The second kappa shape index (κ2) is 10.1. The number of nitrogens with one attached hydrogen (secondary N) is 1. The minimum atomic E-state index is -0.0661. The molecule has 0 spiro atoms. The van der Waals surface area contributed by atoms with Crippen molar-refractivity contribution in [1.29, 1.82) is 0 Å². The molecular weight excluding hydrogens is 404 g/mol. The summed E-state index contributed by atoms with van der Waals surface area (Å²) in [6, 6.07) is 28.1. The molecule has 6 heteroatoms. The molecule has 0 atom stereocenters. The maximum absolute atomic E-state index is 12.7. The fourth-order valence-corrected chi connectivity index (χ4v) is 4.25. The Bertz CT molecular complexity index is 1140. The van der Waals surface area contributed by atoms with Gasteiger partial charge in [-0.1, -0.05) is 90.6 Å². The lowest BCUT2D eigenvalue weighted by molar-refractivity contribution is -0.113. The highest BCUT2D eigenvalue weighted by atomic mass is 32.2. The van der Waals surface area contributed by atoms with Gasteiger partial charge in [-0.3, -0.25) is 4.79 Å². The van der Waals surface area contributed by atoms with Crippen LogP contribution in [0.1, 0.15) is 18.3 Å². The molecule has 1 N–H and O–H groups in total. The zero-order valence-corrected chi connectivity index (χ0v) is 18.2. The van der Waals surface area contributed by atoms with E-state index in [1.54, 1.807) is 0 Å². The molecule has 0 aliphatic rings. The van der Waals surface area contributed by atoms with Crippen LogP contribution in [-0.2, 0) is 17.8 Å². The smallest absolute Gasteiger partial charge is 0.234 e. The number of hydrogen-bond donors (Lipinski definition) is 1. The lowest BCUT2D eigenvalue weighted by atomic mass is 10.0. The summed E-state index contributed by atoms with van der Waals surface area (Å²) in [6.45, 7) is 2.83. The maximum atomic E-state index is 12.7. The summed E-state index contributed by atoms with van der Waals surface area (Å²) >= 11 is 1.41. The molecule has 1 aromatic heterocycles. The molecule has 4 aromatic rings. The average molecular weight is 429 g/mol. The van der Waals surface area contributed by atoms with Crippen LogP contribution in [0.2, 0.25) is 0 Å². The Morgan fingerprint density at radius 1 is 0.903 bits per heavy atom. The number of aromatic nitrogens is 3. The van der Waals surface area contributed by atoms with E-state index in [9.17, 15) is 4.79 Å². The number of thioether (sulfide) groups is 1. The van der Waals surface area contributed by atoms with Crippen molar-refractivity contribution in [3.8, 4) is 11.1 Å². The Hall–Kier alpha value is -3.38. The largest absolute Gasteiger partial charge is 0.325 e. The monoisotopic (exact) mass is 428 g/mol. The van der Waals surface area contributed by atoms with Crippen molar-refractivity contribution in [1.82, 2.24) is 14.8 Å². The summed E-state index contributed by atoms with van der Waals surface area (Å²) in [5, 5.41) is 12.5. The molecule has 0 aliphatic heterocycles. The van der Waals surface area contributed by atoms with Crippen molar-refractivity contribution in [2.75, 3.05) is 11.1 Å². The van der Waals surface area contributed by atoms with E-state index >= 15 is 0 Å². The van der Waals surface area contributed by atoms with E-state index in [2.05, 4.69) is 39.1 Å². The first-order chi connectivity index (χ1) is 15.2. The molecule has 0 aliphatic carbocycles. The third kappa shape index (κ3) is 5.22. The number of nitrogens with zero attached hydrogens (tertiary/aromatic N) is 3. The average Bonchev–Trinajstić information content (AvgIpc) is 3.20. The van der Waals surface area contributed by atoms with Crippen molar-refractivity contribution in [2.45, 2.75) is 25.0 Å². The number of carbonyl (C=O) groups is 1. The number of amides is 1. The van der Waals surface area contributed by atoms with Gasteiger partial charge in [0.1, 0.15) is 5.82 Å². The minimum Gasteiger partial charge on any atom is -0.325 e. The number of hydrogen-bond acceptors (Lipinski definition) is 4. The van der Waals surface area contributed by atoms with Crippen molar-refractivity contribution in [3.05, 3.63) is 96.3 Å². The molecule has 0 fully saturated rings. The van der Waals surface area contributed by atoms with E-state index in [0.29, 0.717) is 0 Å². The maximum Gasteiger partial charge on any atom is 0.234 e. The van der Waals surface area contributed by atoms with E-state index in [1.165, 1.54) is 17.3 Å². The third-order valence-corrected chi connectivity index (χ3v) is 5.90. The molecule has 0 radical (unpaired) electrons. The predicted molar refractivity (Wildman–Crippen MR) is 126 cm³/mol. The Morgan fingerprint density at radius 2 is 1.58 bits per heavy atom. The summed E-state index contributed by atoms with van der Waals surface area (Å²) in [4.78, 5) is 12.7. The van der Waals surface area contributed by atoms with Gasteiger partial charge in [-0.15, -0.1) is 10.2 Å². The fraction of sp³-hybridized carbons (Fsp3) is 0.160. The quantitative estimate of drug-likeness (QED) is 0.388. The highest BCUT2D eigenvalue weighted by molar-refractivity contribution is 7.99. The number of anilines is 1. The topological polar surface area (TPSA) is 59.8 Å². The van der Waals surface area contributed by atoms with Gasteiger partial charge >= 0.3 is 0 Å². The summed E-state index contributed by atoms with van der Waals surface area (Å²) in [5.74, 6) is 1.11. The zero-order valence-electron chi connectivity index (χ0n) is 17.4. The highest BCUT2D eigenvalue weighted by Gasteiger charge is 2.14. The van der Waals surface area contributed by atoms with Gasteiger partial charge in [0.05, 0.1) is 5.75 Å². The van der Waals surface area contributed by atoms with Crippen molar-refractivity contribution < 1.29 is 4.79 Å². The van der Waals surface area contributed by atoms with Crippen LogP contribution in [0.25, 0.3) is 11.1 Å². The number of rotatable bonds is 8. The first kappa shape index (κ1) is 20.9. The van der Waals surface area contributed by atoms with Crippen LogP contribution in [0.4, 0.5) is 5.69 Å². The van der Waals surface area contributed by atoms with Crippen LogP contribution in [0.15, 0.2) is 90.1 Å². The first-order valence-corrected chi connectivity index (χ1v) is 11.3. The Labute approximate surface area is 186 Å². The predicted octanol–water partition coefficient (Wildman–Crippen LogP) is 5.29. The molecule has 156 valence electrons. The molecule has 0 saturated heterocycles. The van der Waals surface area contributed by atoms with E-state index in [0.717, 1.165) is 40.8 Å². The van der Waals surface area contributed by atoms with Crippen LogP contribution in [0, 0.1) is 0 Å². The molecule has 5 nitrogen and oxygen atoms in total. The second-order valence-electron chi connectivity index (χ2n) is 7.05. The molecule has 0 saturated carbocycles. The van der Waals surface area contributed by atoms with E-state index in [-0.39, 0.29) is 11.7 Å². The zero-order chi connectivity index (χ0) is 21.5. The van der Waals surface area contributed by atoms with E-state index in [4.69, 9.17) is 0 Å². The molecule has 1 heterocycles. The number of para-hydroxylation sites is 1. The summed E-state index contributed by atoms with van der Waals surface area (Å²) < 4.78 is 2.07. The van der Waals surface area contributed by atoms with Gasteiger partial charge in [0.25, 0.3) is 0 Å². The standard InChI is InChI=1S/C25H24N4OS/c1-2-29-23(17-19-11-5-3-6-12-19)27-28-25(29)31-18-24(30)26-22-16-10-9-15-21(22)20-13-7-4-8-14-20/h3-16H,2,17-18H2,1H3,(H,26,30). The van der Waals surface area contributed by atoms with Crippen LogP contribution >= 0.6 is 11.8 Å². The van der Waals surface area contributed by atoms with Crippen molar-refractivity contribution in [2.24, 2.45) is 0 Å². The minimum absolute atomic E-state index is 0.0661.